The summed E-state index contributed by atoms with van der Waals surface area (Å²) in [5.74, 6) is -1.32. The van der Waals surface area contributed by atoms with Crippen LogP contribution in [0.15, 0.2) is 73.1 Å². The lowest BCUT2D eigenvalue weighted by Crippen LogP contribution is -1.96. The first-order chi connectivity index (χ1) is 13.1. The number of benzene rings is 2. The third kappa shape index (κ3) is 3.50. The third-order valence-electron chi connectivity index (χ3n) is 4.33. The highest BCUT2D eigenvalue weighted by molar-refractivity contribution is 5.89. The number of nitrogens with one attached hydrogen (secondary N) is 1. The average molecular weight is 361 g/mol. The van der Waals surface area contributed by atoms with Crippen LogP contribution in [0.3, 0.4) is 0 Å². The molecule has 0 fully saturated rings. The summed E-state index contributed by atoms with van der Waals surface area (Å²) in [4.78, 5) is 11.2. The summed E-state index contributed by atoms with van der Waals surface area (Å²) in [5, 5.41) is 15.9. The lowest BCUT2D eigenvalue weighted by atomic mass is 10.0. The molecule has 4 aromatic rings. The first-order valence-corrected chi connectivity index (χ1v) is 8.39. The molecule has 6 heteroatoms. The summed E-state index contributed by atoms with van der Waals surface area (Å²) in [7, 11) is 0. The Bertz CT molecular complexity index is 1080. The molecule has 0 amide bonds. The van der Waals surface area contributed by atoms with Crippen LogP contribution in [-0.4, -0.2) is 25.8 Å². The molecule has 27 heavy (non-hydrogen) atoms. The second-order valence-corrected chi connectivity index (χ2v) is 6.22. The SMILES string of the molecule is O=C(O)c1cc(-c2cn(Cc3ccc(F)cc3)cc2-c2ccccc2)n[nH]1. The number of aromatic amines is 1. The summed E-state index contributed by atoms with van der Waals surface area (Å²) < 4.78 is 15.1. The van der Waals surface area contributed by atoms with E-state index in [1.807, 2.05) is 47.3 Å². The highest BCUT2D eigenvalue weighted by Crippen LogP contribution is 2.32. The molecule has 5 nitrogen and oxygen atoms in total. The Balaban J connectivity index is 1.77. The lowest BCUT2D eigenvalue weighted by molar-refractivity contribution is 0.0690. The fraction of sp³-hybridized carbons (Fsp3) is 0.0476. The van der Waals surface area contributed by atoms with Gasteiger partial charge in [0.1, 0.15) is 11.5 Å². The number of carboxylic acids is 1. The molecule has 0 saturated carbocycles. The van der Waals surface area contributed by atoms with Crippen molar-refractivity contribution < 1.29 is 14.3 Å². The van der Waals surface area contributed by atoms with Crippen molar-refractivity contribution in [1.29, 1.82) is 0 Å². The van der Waals surface area contributed by atoms with Gasteiger partial charge in [0, 0.05) is 30.1 Å². The van der Waals surface area contributed by atoms with Gasteiger partial charge in [0.25, 0.3) is 0 Å². The minimum atomic E-state index is -1.05. The van der Waals surface area contributed by atoms with Crippen LogP contribution in [0.1, 0.15) is 16.1 Å². The number of aromatic nitrogens is 3. The molecule has 4 rings (SSSR count). The molecule has 0 spiro atoms. The molecule has 2 N–H and O–H groups in total. The van der Waals surface area contributed by atoms with Crippen molar-refractivity contribution in [2.45, 2.75) is 6.54 Å². The van der Waals surface area contributed by atoms with Gasteiger partial charge in [0.2, 0.25) is 0 Å². The van der Waals surface area contributed by atoms with E-state index in [0.717, 1.165) is 22.3 Å². The van der Waals surface area contributed by atoms with Crippen LogP contribution in [0.25, 0.3) is 22.4 Å². The van der Waals surface area contributed by atoms with E-state index in [2.05, 4.69) is 10.2 Å². The predicted octanol–water partition coefficient (Wildman–Crippen LogP) is 4.43. The number of H-pyrrole nitrogens is 1. The number of halogens is 1. The van der Waals surface area contributed by atoms with Crippen LogP contribution >= 0.6 is 0 Å². The first kappa shape index (κ1) is 16.8. The number of nitrogens with zero attached hydrogens (tertiary/aromatic N) is 2. The van der Waals surface area contributed by atoms with Gasteiger partial charge >= 0.3 is 5.97 Å². The van der Waals surface area contributed by atoms with Crippen molar-refractivity contribution in [3.8, 4) is 22.4 Å². The second-order valence-electron chi connectivity index (χ2n) is 6.22. The van der Waals surface area contributed by atoms with Gasteiger partial charge in [-0.25, -0.2) is 9.18 Å². The van der Waals surface area contributed by atoms with Crippen molar-refractivity contribution in [2.75, 3.05) is 0 Å². The van der Waals surface area contributed by atoms with E-state index in [0.29, 0.717) is 12.2 Å². The molecular weight excluding hydrogens is 345 g/mol. The van der Waals surface area contributed by atoms with Gasteiger partial charge in [-0.15, -0.1) is 0 Å². The van der Waals surface area contributed by atoms with Crippen LogP contribution in [0.4, 0.5) is 4.39 Å². The maximum atomic E-state index is 13.1. The summed E-state index contributed by atoms with van der Waals surface area (Å²) in [6.07, 6.45) is 3.91. The molecule has 0 radical (unpaired) electrons. The molecule has 0 unspecified atom stereocenters. The van der Waals surface area contributed by atoms with Gasteiger partial charge in [0.15, 0.2) is 0 Å². The number of carboxylic acid groups (broad SMARTS) is 1. The fourth-order valence-corrected chi connectivity index (χ4v) is 3.02. The topological polar surface area (TPSA) is 70.9 Å². The van der Waals surface area contributed by atoms with E-state index in [1.165, 1.54) is 18.2 Å². The Morgan fingerprint density at radius 1 is 1.04 bits per heavy atom. The quantitative estimate of drug-likeness (QED) is 0.552. The second kappa shape index (κ2) is 6.92. The van der Waals surface area contributed by atoms with E-state index in [1.54, 1.807) is 12.1 Å². The molecule has 0 aliphatic rings. The third-order valence-corrected chi connectivity index (χ3v) is 4.33. The fourth-order valence-electron chi connectivity index (χ4n) is 3.02. The minimum Gasteiger partial charge on any atom is -0.477 e. The van der Waals surface area contributed by atoms with Gasteiger partial charge in [-0.2, -0.15) is 5.10 Å². The number of rotatable bonds is 5. The van der Waals surface area contributed by atoms with Crippen LogP contribution in [0.2, 0.25) is 0 Å². The molecule has 2 aromatic carbocycles. The molecule has 0 bridgehead atoms. The van der Waals surface area contributed by atoms with Crippen LogP contribution in [0, 0.1) is 5.82 Å². The Kier molecular flexibility index (Phi) is 4.30. The zero-order valence-electron chi connectivity index (χ0n) is 14.3. The molecular formula is C21H16FN3O2. The first-order valence-electron chi connectivity index (χ1n) is 8.39. The molecule has 0 aliphatic heterocycles. The maximum absolute atomic E-state index is 13.1. The molecule has 134 valence electrons. The number of hydrogen-bond donors (Lipinski definition) is 2. The van der Waals surface area contributed by atoms with Crippen LogP contribution in [-0.2, 0) is 6.54 Å². The van der Waals surface area contributed by atoms with Crippen molar-refractivity contribution >= 4 is 5.97 Å². The number of carbonyl (C=O) groups is 1. The van der Waals surface area contributed by atoms with Gasteiger partial charge < -0.3 is 9.67 Å². The van der Waals surface area contributed by atoms with Crippen molar-refractivity contribution in [1.82, 2.24) is 14.8 Å². The lowest BCUT2D eigenvalue weighted by Gasteiger charge is -2.03. The average Bonchev–Trinajstić information content (AvgIpc) is 3.31. The zero-order valence-corrected chi connectivity index (χ0v) is 14.3. The Morgan fingerprint density at radius 2 is 1.74 bits per heavy atom. The predicted molar refractivity (Wildman–Crippen MR) is 99.9 cm³/mol. The van der Waals surface area contributed by atoms with Crippen molar-refractivity contribution in [3.63, 3.8) is 0 Å². The zero-order chi connectivity index (χ0) is 18.8. The van der Waals surface area contributed by atoms with Crippen LogP contribution < -0.4 is 0 Å². The summed E-state index contributed by atoms with van der Waals surface area (Å²) in [6, 6.07) is 17.7. The van der Waals surface area contributed by atoms with Crippen molar-refractivity contribution in [2.24, 2.45) is 0 Å². The Morgan fingerprint density at radius 3 is 2.41 bits per heavy atom. The molecule has 0 aliphatic carbocycles. The Labute approximate surface area is 154 Å². The minimum absolute atomic E-state index is 0.0373. The molecule has 2 aromatic heterocycles. The van der Waals surface area contributed by atoms with Gasteiger partial charge in [-0.1, -0.05) is 42.5 Å². The summed E-state index contributed by atoms with van der Waals surface area (Å²) >= 11 is 0. The Hall–Kier alpha value is -3.67. The number of hydrogen-bond acceptors (Lipinski definition) is 2. The van der Waals surface area contributed by atoms with E-state index >= 15 is 0 Å². The summed E-state index contributed by atoms with van der Waals surface area (Å²) in [6.45, 7) is 0.566. The largest absolute Gasteiger partial charge is 0.477 e. The standard InChI is InChI=1S/C21H16FN3O2/c22-16-8-6-14(7-9-16)11-25-12-17(15-4-2-1-3-5-15)18(13-25)19-10-20(21(26)27)24-23-19/h1-10,12-13H,11H2,(H,23,24)(H,26,27). The monoisotopic (exact) mass is 361 g/mol. The van der Waals surface area contributed by atoms with E-state index in [4.69, 9.17) is 5.11 Å². The molecule has 2 heterocycles. The van der Waals surface area contributed by atoms with E-state index in [-0.39, 0.29) is 11.5 Å². The molecule has 0 saturated heterocycles. The highest BCUT2D eigenvalue weighted by atomic mass is 19.1. The van der Waals surface area contributed by atoms with E-state index < -0.39 is 5.97 Å². The normalized spacial score (nSPS) is 10.9. The van der Waals surface area contributed by atoms with E-state index in [9.17, 15) is 9.18 Å². The number of aromatic carboxylic acids is 1. The maximum Gasteiger partial charge on any atom is 0.353 e. The van der Waals surface area contributed by atoms with Crippen LogP contribution in [0.5, 0.6) is 0 Å². The summed E-state index contributed by atoms with van der Waals surface area (Å²) in [5.41, 5.74) is 4.34. The van der Waals surface area contributed by atoms with Gasteiger partial charge in [0.05, 0.1) is 5.69 Å². The smallest absolute Gasteiger partial charge is 0.353 e. The van der Waals surface area contributed by atoms with Crippen molar-refractivity contribution in [3.05, 3.63) is 90.1 Å². The van der Waals surface area contributed by atoms with Gasteiger partial charge in [-0.05, 0) is 29.3 Å². The molecule has 0 atom stereocenters. The van der Waals surface area contributed by atoms with Gasteiger partial charge in [-0.3, -0.25) is 5.10 Å². The highest BCUT2D eigenvalue weighted by Gasteiger charge is 2.16.